The van der Waals surface area contributed by atoms with Gasteiger partial charge in [0.2, 0.25) is 0 Å². The lowest BCUT2D eigenvalue weighted by molar-refractivity contribution is 0.370. The summed E-state index contributed by atoms with van der Waals surface area (Å²) in [5.74, 6) is 0. The van der Waals surface area contributed by atoms with Crippen LogP contribution in [0.15, 0.2) is 0 Å². The fraction of sp³-hybridized carbons (Fsp3) is 1.00. The minimum atomic E-state index is -3.75. The van der Waals surface area contributed by atoms with Crippen molar-refractivity contribution in [2.45, 2.75) is 64.2 Å². The lowest BCUT2D eigenvalue weighted by atomic mass is 10.1. The van der Waals surface area contributed by atoms with E-state index < -0.39 is 7.60 Å². The summed E-state index contributed by atoms with van der Waals surface area (Å²) in [7, 11) is -3.75. The number of rotatable bonds is 12. The normalized spacial score (nSPS) is 11.9. The Morgan fingerprint density at radius 3 is 1.41 bits per heavy atom. The number of unbranched alkanes of at least 4 members (excludes halogenated alkanes) is 9. The molecule has 0 saturated heterocycles. The lowest BCUT2D eigenvalue weighted by Gasteiger charge is -2.04. The Morgan fingerprint density at radius 2 is 1.06 bits per heavy atom. The zero-order valence-electron chi connectivity index (χ0n) is 10.6. The van der Waals surface area contributed by atoms with E-state index in [0.717, 1.165) is 18.2 Å². The maximum absolute atomic E-state index is 10.6. The summed E-state index contributed by atoms with van der Waals surface area (Å²) in [6, 6.07) is 0. The van der Waals surface area contributed by atoms with Crippen LogP contribution in [0.4, 0.5) is 0 Å². The Morgan fingerprint density at radius 1 is 0.706 bits per heavy atom. The number of hydrogen-bond donors (Lipinski definition) is 2. The molecule has 0 rings (SSSR count). The molecule has 0 atom stereocenters. The molecule has 17 heavy (non-hydrogen) atoms. The summed E-state index contributed by atoms with van der Waals surface area (Å²) in [4.78, 5) is 17.3. The van der Waals surface area contributed by atoms with Crippen molar-refractivity contribution in [3.05, 3.63) is 0 Å². The summed E-state index contributed by atoms with van der Waals surface area (Å²) in [5.41, 5.74) is 0. The van der Waals surface area contributed by atoms with Crippen molar-refractivity contribution in [2.75, 3.05) is 11.5 Å². The average Bonchev–Trinajstić information content (AvgIpc) is 2.24. The Hall–Kier alpha value is 0.630. The van der Waals surface area contributed by atoms with E-state index in [9.17, 15) is 4.57 Å². The Labute approximate surface area is 114 Å². The van der Waals surface area contributed by atoms with E-state index in [1.165, 1.54) is 44.9 Å². The van der Waals surface area contributed by atoms with Crippen LogP contribution in [-0.4, -0.2) is 21.3 Å². The van der Waals surface area contributed by atoms with Crippen LogP contribution in [-0.2, 0) is 4.57 Å². The van der Waals surface area contributed by atoms with E-state index in [2.05, 4.69) is 15.9 Å². The number of halogens is 1. The summed E-state index contributed by atoms with van der Waals surface area (Å²) < 4.78 is 10.6. The third-order valence-electron chi connectivity index (χ3n) is 2.83. The zero-order chi connectivity index (χ0) is 13.0. The summed E-state index contributed by atoms with van der Waals surface area (Å²) in [6.07, 6.45) is 11.8. The molecule has 0 amide bonds. The Kier molecular flexibility index (Phi) is 12.1. The van der Waals surface area contributed by atoms with Crippen molar-refractivity contribution in [3.63, 3.8) is 0 Å². The first-order valence-corrected chi connectivity index (χ1v) is 9.59. The highest BCUT2D eigenvalue weighted by atomic mass is 79.9. The van der Waals surface area contributed by atoms with Gasteiger partial charge in [0.15, 0.2) is 0 Å². The van der Waals surface area contributed by atoms with E-state index in [0.29, 0.717) is 6.42 Å². The van der Waals surface area contributed by atoms with Gasteiger partial charge in [-0.2, -0.15) is 0 Å². The second-order valence-corrected chi connectivity index (χ2v) is 7.18. The van der Waals surface area contributed by atoms with Gasteiger partial charge in [-0.05, 0) is 12.8 Å². The van der Waals surface area contributed by atoms with Crippen molar-refractivity contribution < 1.29 is 14.4 Å². The van der Waals surface area contributed by atoms with Gasteiger partial charge in [0, 0.05) is 11.5 Å². The molecule has 0 aliphatic heterocycles. The molecule has 0 spiro atoms. The van der Waals surface area contributed by atoms with Crippen molar-refractivity contribution in [1.29, 1.82) is 0 Å². The first-order chi connectivity index (χ1) is 8.06. The molecule has 3 nitrogen and oxygen atoms in total. The van der Waals surface area contributed by atoms with E-state index >= 15 is 0 Å². The van der Waals surface area contributed by atoms with Crippen LogP contribution < -0.4 is 0 Å². The van der Waals surface area contributed by atoms with Crippen LogP contribution in [0.25, 0.3) is 0 Å². The molecule has 0 unspecified atom stereocenters. The second kappa shape index (κ2) is 11.7. The van der Waals surface area contributed by atoms with Crippen molar-refractivity contribution in [2.24, 2.45) is 0 Å². The number of alkyl halides is 1. The molecule has 2 N–H and O–H groups in total. The molecule has 0 heterocycles. The van der Waals surface area contributed by atoms with Gasteiger partial charge in [-0.15, -0.1) is 0 Å². The molecule has 0 aliphatic carbocycles. The van der Waals surface area contributed by atoms with Gasteiger partial charge >= 0.3 is 7.60 Å². The van der Waals surface area contributed by atoms with Crippen LogP contribution in [0, 0.1) is 0 Å². The molecular weight excluding hydrogens is 303 g/mol. The molecule has 0 radical (unpaired) electrons. The van der Waals surface area contributed by atoms with Crippen LogP contribution in [0.3, 0.4) is 0 Å². The largest absolute Gasteiger partial charge is 0.325 e. The maximum Gasteiger partial charge on any atom is 0.325 e. The van der Waals surface area contributed by atoms with E-state index in [4.69, 9.17) is 9.79 Å². The van der Waals surface area contributed by atoms with Gasteiger partial charge in [-0.1, -0.05) is 67.3 Å². The lowest BCUT2D eigenvalue weighted by Crippen LogP contribution is -1.88. The van der Waals surface area contributed by atoms with Crippen molar-refractivity contribution in [3.8, 4) is 0 Å². The standard InChI is InChI=1S/C12H26BrO3P/c13-11-9-7-5-3-1-2-4-6-8-10-12-17(14,15)16/h1-12H2,(H2,14,15,16). The Bertz CT molecular complexity index is 206. The van der Waals surface area contributed by atoms with Crippen LogP contribution >= 0.6 is 23.5 Å². The molecule has 104 valence electrons. The first kappa shape index (κ1) is 17.6. The molecular formula is C12H26BrO3P. The molecule has 0 saturated carbocycles. The quantitative estimate of drug-likeness (QED) is 0.316. The topological polar surface area (TPSA) is 57.5 Å². The van der Waals surface area contributed by atoms with Crippen LogP contribution in [0.2, 0.25) is 0 Å². The predicted molar refractivity (Wildman–Crippen MR) is 76.9 cm³/mol. The molecule has 0 fully saturated rings. The molecule has 0 bridgehead atoms. The van der Waals surface area contributed by atoms with Gasteiger partial charge in [-0.3, -0.25) is 4.57 Å². The monoisotopic (exact) mass is 328 g/mol. The molecule has 0 aromatic carbocycles. The summed E-state index contributed by atoms with van der Waals surface area (Å²) in [5, 5.41) is 1.12. The molecule has 0 aromatic rings. The summed E-state index contributed by atoms with van der Waals surface area (Å²) >= 11 is 3.43. The predicted octanol–water partition coefficient (Wildman–Crippen LogP) is 4.46. The third kappa shape index (κ3) is 16.6. The van der Waals surface area contributed by atoms with Crippen molar-refractivity contribution >= 4 is 23.5 Å². The highest BCUT2D eigenvalue weighted by Crippen LogP contribution is 2.35. The van der Waals surface area contributed by atoms with Crippen molar-refractivity contribution in [1.82, 2.24) is 0 Å². The van der Waals surface area contributed by atoms with Gasteiger partial charge in [0.1, 0.15) is 0 Å². The fourth-order valence-electron chi connectivity index (χ4n) is 1.83. The van der Waals surface area contributed by atoms with Gasteiger partial charge in [-0.25, -0.2) is 0 Å². The first-order valence-electron chi connectivity index (χ1n) is 6.67. The van der Waals surface area contributed by atoms with Crippen LogP contribution in [0.5, 0.6) is 0 Å². The minimum Gasteiger partial charge on any atom is -0.324 e. The highest BCUT2D eigenvalue weighted by Gasteiger charge is 2.10. The molecule has 0 aliphatic rings. The minimum absolute atomic E-state index is 0.0551. The zero-order valence-corrected chi connectivity index (χ0v) is 13.1. The smallest absolute Gasteiger partial charge is 0.324 e. The Balaban J connectivity index is 3.01. The van der Waals surface area contributed by atoms with E-state index in [1.54, 1.807) is 0 Å². The van der Waals surface area contributed by atoms with Crippen LogP contribution in [0.1, 0.15) is 64.2 Å². The fourth-order valence-corrected chi connectivity index (χ4v) is 2.86. The SMILES string of the molecule is O=P(O)(O)CCCCCCCCCCCCBr. The van der Waals surface area contributed by atoms with Gasteiger partial charge < -0.3 is 9.79 Å². The van der Waals surface area contributed by atoms with E-state index in [-0.39, 0.29) is 6.16 Å². The summed E-state index contributed by atoms with van der Waals surface area (Å²) in [6.45, 7) is 0. The third-order valence-corrected chi connectivity index (χ3v) is 4.29. The number of hydrogen-bond acceptors (Lipinski definition) is 1. The molecule has 0 aromatic heterocycles. The van der Waals surface area contributed by atoms with E-state index in [1.807, 2.05) is 0 Å². The maximum atomic E-state index is 10.6. The average molecular weight is 329 g/mol. The van der Waals surface area contributed by atoms with Gasteiger partial charge in [0.25, 0.3) is 0 Å². The second-order valence-electron chi connectivity index (χ2n) is 4.61. The molecule has 5 heteroatoms. The highest BCUT2D eigenvalue weighted by molar-refractivity contribution is 9.09. The van der Waals surface area contributed by atoms with Gasteiger partial charge in [0.05, 0.1) is 0 Å².